The van der Waals surface area contributed by atoms with E-state index in [2.05, 4.69) is 26.8 Å². The highest BCUT2D eigenvalue weighted by molar-refractivity contribution is 9.10. The predicted octanol–water partition coefficient (Wildman–Crippen LogP) is 2.35. The summed E-state index contributed by atoms with van der Waals surface area (Å²) in [7, 11) is 1.64. The van der Waals surface area contributed by atoms with Crippen molar-refractivity contribution in [3.63, 3.8) is 0 Å². The Bertz CT molecular complexity index is 913. The van der Waals surface area contributed by atoms with Crippen molar-refractivity contribution < 1.29 is 14.3 Å². The maximum Gasteiger partial charge on any atom is 0.255 e. The first-order valence-electron chi connectivity index (χ1n) is 10.0. The van der Waals surface area contributed by atoms with Gasteiger partial charge < -0.3 is 14.5 Å². The molecular formula is C22H25BrN4O3. The summed E-state index contributed by atoms with van der Waals surface area (Å²) in [5, 5.41) is 0. The van der Waals surface area contributed by atoms with Crippen LogP contribution in [0.3, 0.4) is 0 Å². The number of hydrogen-bond donors (Lipinski definition) is 2. The van der Waals surface area contributed by atoms with Gasteiger partial charge in [0.05, 0.1) is 12.7 Å². The van der Waals surface area contributed by atoms with Crippen LogP contribution >= 0.6 is 15.9 Å². The lowest BCUT2D eigenvalue weighted by atomic mass is 10.0. The van der Waals surface area contributed by atoms with Crippen molar-refractivity contribution in [2.24, 2.45) is 0 Å². The highest BCUT2D eigenvalue weighted by atomic mass is 79.9. The molecule has 8 heteroatoms. The summed E-state index contributed by atoms with van der Waals surface area (Å²) in [4.78, 5) is 29.4. The summed E-state index contributed by atoms with van der Waals surface area (Å²) in [6.07, 6.45) is 0.682. The number of nitrogens with zero attached hydrogens (tertiary/aromatic N) is 2. The number of amides is 2. The van der Waals surface area contributed by atoms with Gasteiger partial charge in [0.1, 0.15) is 11.8 Å². The van der Waals surface area contributed by atoms with Crippen molar-refractivity contribution in [1.82, 2.24) is 20.7 Å². The second kappa shape index (κ2) is 9.16. The molecule has 4 rings (SSSR count). The van der Waals surface area contributed by atoms with E-state index in [1.54, 1.807) is 7.11 Å². The highest BCUT2D eigenvalue weighted by Crippen LogP contribution is 2.25. The lowest BCUT2D eigenvalue weighted by Gasteiger charge is -2.36. The number of ether oxygens (including phenoxy) is 1. The molecule has 0 saturated carbocycles. The molecule has 30 heavy (non-hydrogen) atoms. The van der Waals surface area contributed by atoms with Gasteiger partial charge in [-0.25, -0.2) is 10.9 Å². The van der Waals surface area contributed by atoms with Crippen LogP contribution in [0, 0.1) is 0 Å². The van der Waals surface area contributed by atoms with Crippen molar-refractivity contribution in [2.75, 3.05) is 33.3 Å². The predicted molar refractivity (Wildman–Crippen MR) is 117 cm³/mol. The quantitative estimate of drug-likeness (QED) is 0.714. The lowest BCUT2D eigenvalue weighted by Crippen LogP contribution is -2.54. The van der Waals surface area contributed by atoms with E-state index in [0.717, 1.165) is 15.8 Å². The van der Waals surface area contributed by atoms with Crippen molar-refractivity contribution >= 4 is 27.7 Å². The average Bonchev–Trinajstić information content (AvgIpc) is 3.29. The highest BCUT2D eigenvalue weighted by Gasteiger charge is 2.34. The van der Waals surface area contributed by atoms with Crippen molar-refractivity contribution in [3.8, 4) is 5.75 Å². The van der Waals surface area contributed by atoms with E-state index in [1.165, 1.54) is 0 Å². The molecule has 2 amide bonds. The fourth-order valence-corrected chi connectivity index (χ4v) is 4.38. The first-order chi connectivity index (χ1) is 14.6. The zero-order valence-corrected chi connectivity index (χ0v) is 18.4. The molecular weight excluding hydrogens is 448 g/mol. The summed E-state index contributed by atoms with van der Waals surface area (Å²) in [5.74, 6) is 0.883. The summed E-state index contributed by atoms with van der Waals surface area (Å²) in [6, 6.07) is 15.1. The third kappa shape index (κ3) is 4.35. The van der Waals surface area contributed by atoms with Crippen LogP contribution in [0.15, 0.2) is 53.0 Å². The van der Waals surface area contributed by atoms with Gasteiger partial charge in [0.25, 0.3) is 5.91 Å². The minimum Gasteiger partial charge on any atom is -0.497 e. The Labute approximate surface area is 184 Å². The molecule has 2 aromatic rings. The number of methoxy groups -OCH3 is 1. The van der Waals surface area contributed by atoms with E-state index in [0.29, 0.717) is 38.2 Å². The number of carbonyl (C=O) groups excluding carboxylic acids is 2. The molecule has 0 radical (unpaired) electrons. The number of hydrazine groups is 1. The number of nitrogens with one attached hydrogen (secondary N) is 2. The second-order valence-electron chi connectivity index (χ2n) is 7.50. The topological polar surface area (TPSA) is 73.9 Å². The van der Waals surface area contributed by atoms with E-state index in [9.17, 15) is 9.59 Å². The van der Waals surface area contributed by atoms with Gasteiger partial charge in [-0.05, 0) is 52.2 Å². The Balaban J connectivity index is 1.31. The number of benzene rings is 2. The molecule has 158 valence electrons. The third-order valence-electron chi connectivity index (χ3n) is 5.70. The first-order valence-corrected chi connectivity index (χ1v) is 10.8. The van der Waals surface area contributed by atoms with Crippen LogP contribution in [0.2, 0.25) is 0 Å². The van der Waals surface area contributed by atoms with Crippen LogP contribution in [0.5, 0.6) is 5.75 Å². The van der Waals surface area contributed by atoms with Crippen molar-refractivity contribution in [2.45, 2.75) is 18.5 Å². The number of piperazine rings is 1. The standard InChI is InChI=1S/C22H25BrN4O3/c1-30-16-8-6-15(7-9-16)19-14-20(25-24-19)22(29)27-12-10-26(11-13-27)21(28)17-4-2-3-5-18(17)23/h2-9,19-20,24-25H,10-14H2,1H3. The Morgan fingerprint density at radius 2 is 1.63 bits per heavy atom. The number of halogens is 1. The fraction of sp³-hybridized carbons (Fsp3) is 0.364. The fourth-order valence-electron chi connectivity index (χ4n) is 3.93. The maximum atomic E-state index is 13.0. The summed E-state index contributed by atoms with van der Waals surface area (Å²) in [5.41, 5.74) is 8.13. The Morgan fingerprint density at radius 1 is 0.967 bits per heavy atom. The van der Waals surface area contributed by atoms with Gasteiger partial charge in [-0.15, -0.1) is 0 Å². The molecule has 2 aliphatic rings. The normalized spacial score (nSPS) is 21.5. The Kier molecular flexibility index (Phi) is 6.36. The monoisotopic (exact) mass is 472 g/mol. The van der Waals surface area contributed by atoms with Gasteiger partial charge in [-0.1, -0.05) is 24.3 Å². The zero-order chi connectivity index (χ0) is 21.1. The maximum absolute atomic E-state index is 13.0. The smallest absolute Gasteiger partial charge is 0.255 e. The molecule has 2 aromatic carbocycles. The SMILES string of the molecule is COc1ccc(C2CC(C(=O)N3CCN(C(=O)c4ccccc4Br)CC3)NN2)cc1. The molecule has 2 saturated heterocycles. The van der Waals surface area contributed by atoms with E-state index >= 15 is 0 Å². The largest absolute Gasteiger partial charge is 0.497 e. The van der Waals surface area contributed by atoms with Gasteiger partial charge in [-0.3, -0.25) is 9.59 Å². The number of hydrogen-bond acceptors (Lipinski definition) is 5. The van der Waals surface area contributed by atoms with Crippen LogP contribution in [0.1, 0.15) is 28.4 Å². The second-order valence-corrected chi connectivity index (χ2v) is 8.35. The van der Waals surface area contributed by atoms with Crippen molar-refractivity contribution in [1.29, 1.82) is 0 Å². The van der Waals surface area contributed by atoms with Gasteiger partial charge in [0.2, 0.25) is 5.91 Å². The minimum absolute atomic E-state index is 0.00481. The lowest BCUT2D eigenvalue weighted by molar-refractivity contribution is -0.134. The molecule has 0 aromatic heterocycles. The molecule has 0 bridgehead atoms. The van der Waals surface area contributed by atoms with Crippen LogP contribution in [0.25, 0.3) is 0 Å². The van der Waals surface area contributed by atoms with Crippen LogP contribution in [-0.2, 0) is 4.79 Å². The summed E-state index contributed by atoms with van der Waals surface area (Å²) in [6.45, 7) is 2.16. The molecule has 2 atom stereocenters. The molecule has 2 N–H and O–H groups in total. The Morgan fingerprint density at radius 3 is 2.30 bits per heavy atom. The van der Waals surface area contributed by atoms with Crippen LogP contribution < -0.4 is 15.6 Å². The number of rotatable bonds is 4. The van der Waals surface area contributed by atoms with Gasteiger partial charge >= 0.3 is 0 Å². The van der Waals surface area contributed by atoms with Crippen molar-refractivity contribution in [3.05, 3.63) is 64.1 Å². The van der Waals surface area contributed by atoms with E-state index < -0.39 is 0 Å². The molecule has 2 unspecified atom stereocenters. The molecule has 0 spiro atoms. The zero-order valence-electron chi connectivity index (χ0n) is 16.8. The Hall–Kier alpha value is -2.42. The van der Waals surface area contributed by atoms with Crippen LogP contribution in [0.4, 0.5) is 0 Å². The number of carbonyl (C=O) groups is 2. The van der Waals surface area contributed by atoms with E-state index in [4.69, 9.17) is 4.74 Å². The molecule has 2 heterocycles. The van der Waals surface area contributed by atoms with Crippen LogP contribution in [-0.4, -0.2) is 60.9 Å². The molecule has 2 fully saturated rings. The molecule has 0 aliphatic carbocycles. The summed E-state index contributed by atoms with van der Waals surface area (Å²) < 4.78 is 5.99. The summed E-state index contributed by atoms with van der Waals surface area (Å²) >= 11 is 3.44. The minimum atomic E-state index is -0.275. The van der Waals surface area contributed by atoms with Gasteiger partial charge in [-0.2, -0.15) is 0 Å². The average molecular weight is 473 g/mol. The molecule has 2 aliphatic heterocycles. The third-order valence-corrected chi connectivity index (χ3v) is 6.39. The molecule has 7 nitrogen and oxygen atoms in total. The van der Waals surface area contributed by atoms with Gasteiger partial charge in [0, 0.05) is 36.7 Å². The van der Waals surface area contributed by atoms with E-state index in [1.807, 2.05) is 58.3 Å². The first kappa shape index (κ1) is 20.8. The van der Waals surface area contributed by atoms with E-state index in [-0.39, 0.29) is 23.9 Å². The van der Waals surface area contributed by atoms with Gasteiger partial charge in [0.15, 0.2) is 0 Å².